The van der Waals surface area contributed by atoms with Crippen molar-refractivity contribution in [2.45, 2.75) is 19.2 Å². The molecule has 0 saturated carbocycles. The van der Waals surface area contributed by atoms with Crippen LogP contribution in [-0.4, -0.2) is 45.3 Å². The van der Waals surface area contributed by atoms with Crippen molar-refractivity contribution < 1.29 is 5.11 Å². The number of imidazole rings is 1. The second-order valence-corrected chi connectivity index (χ2v) is 3.66. The fraction of sp³-hybridized carbons (Fsp3) is 0.667. The lowest BCUT2D eigenvalue weighted by atomic mass is 10.3. The summed E-state index contributed by atoms with van der Waals surface area (Å²) in [5.74, 6) is 1.07. The quantitative estimate of drug-likeness (QED) is 0.652. The average molecular weight is 196 g/mol. The number of nitrogens with zero attached hydrogens (tertiary/aromatic N) is 3. The fourth-order valence-corrected chi connectivity index (χ4v) is 1.75. The first-order valence-electron chi connectivity index (χ1n) is 4.90. The zero-order valence-corrected chi connectivity index (χ0v) is 8.13. The van der Waals surface area contributed by atoms with E-state index in [0.717, 1.165) is 25.5 Å². The first-order valence-corrected chi connectivity index (χ1v) is 4.90. The molecule has 1 atom stereocenters. The fourth-order valence-electron chi connectivity index (χ4n) is 1.75. The molecule has 0 amide bonds. The minimum absolute atomic E-state index is 0.324. The van der Waals surface area contributed by atoms with Crippen molar-refractivity contribution in [1.82, 2.24) is 14.5 Å². The molecule has 5 nitrogen and oxygen atoms in total. The predicted octanol–water partition coefficient (Wildman–Crippen LogP) is -0.982. The van der Waals surface area contributed by atoms with Gasteiger partial charge in [-0.05, 0) is 0 Å². The Morgan fingerprint density at radius 1 is 1.57 bits per heavy atom. The average Bonchev–Trinajstić information content (AvgIpc) is 2.64. The van der Waals surface area contributed by atoms with Crippen LogP contribution in [0.4, 0.5) is 0 Å². The summed E-state index contributed by atoms with van der Waals surface area (Å²) in [4.78, 5) is 6.43. The highest BCUT2D eigenvalue weighted by molar-refractivity contribution is 4.95. The SMILES string of the molecule is NCC(O)CN1CCn2ccnc2C1. The lowest BCUT2D eigenvalue weighted by Crippen LogP contribution is -2.40. The molecule has 1 aromatic rings. The zero-order valence-electron chi connectivity index (χ0n) is 8.13. The largest absolute Gasteiger partial charge is 0.390 e. The third kappa shape index (κ3) is 1.95. The molecule has 2 rings (SSSR count). The highest BCUT2D eigenvalue weighted by atomic mass is 16.3. The van der Waals surface area contributed by atoms with E-state index in [-0.39, 0.29) is 0 Å². The van der Waals surface area contributed by atoms with E-state index >= 15 is 0 Å². The van der Waals surface area contributed by atoms with Crippen molar-refractivity contribution in [2.24, 2.45) is 5.73 Å². The molecule has 0 saturated heterocycles. The number of hydrogen-bond donors (Lipinski definition) is 2. The number of aromatic nitrogens is 2. The molecular formula is C9H16N4O. The summed E-state index contributed by atoms with van der Waals surface area (Å²) in [6, 6.07) is 0. The van der Waals surface area contributed by atoms with Crippen molar-refractivity contribution in [3.8, 4) is 0 Å². The van der Waals surface area contributed by atoms with Crippen LogP contribution in [0.5, 0.6) is 0 Å². The van der Waals surface area contributed by atoms with E-state index < -0.39 is 6.10 Å². The highest BCUT2D eigenvalue weighted by Gasteiger charge is 2.18. The second-order valence-electron chi connectivity index (χ2n) is 3.66. The molecule has 2 heterocycles. The van der Waals surface area contributed by atoms with Crippen LogP contribution in [0.25, 0.3) is 0 Å². The third-order valence-electron chi connectivity index (χ3n) is 2.56. The number of fused-ring (bicyclic) bond motifs is 1. The van der Waals surface area contributed by atoms with E-state index in [1.165, 1.54) is 0 Å². The normalized spacial score (nSPS) is 19.3. The molecule has 78 valence electrons. The number of hydrogen-bond acceptors (Lipinski definition) is 4. The topological polar surface area (TPSA) is 67.3 Å². The summed E-state index contributed by atoms with van der Waals surface area (Å²) in [6.07, 6.45) is 3.39. The van der Waals surface area contributed by atoms with Gasteiger partial charge in [0.2, 0.25) is 0 Å². The van der Waals surface area contributed by atoms with E-state index in [4.69, 9.17) is 5.73 Å². The molecule has 0 fully saturated rings. The van der Waals surface area contributed by atoms with Gasteiger partial charge in [-0.25, -0.2) is 4.98 Å². The first-order chi connectivity index (χ1) is 6.79. The van der Waals surface area contributed by atoms with E-state index in [0.29, 0.717) is 13.1 Å². The third-order valence-corrected chi connectivity index (χ3v) is 2.56. The summed E-state index contributed by atoms with van der Waals surface area (Å²) in [5, 5.41) is 9.41. The lowest BCUT2D eigenvalue weighted by Gasteiger charge is -2.28. The van der Waals surface area contributed by atoms with Gasteiger partial charge in [0, 0.05) is 38.6 Å². The van der Waals surface area contributed by atoms with Gasteiger partial charge in [-0.15, -0.1) is 0 Å². The van der Waals surface area contributed by atoms with Gasteiger partial charge >= 0.3 is 0 Å². The van der Waals surface area contributed by atoms with Gasteiger partial charge in [0.15, 0.2) is 0 Å². The molecule has 0 aliphatic carbocycles. The second kappa shape index (κ2) is 4.08. The maximum atomic E-state index is 9.41. The van der Waals surface area contributed by atoms with Crippen LogP contribution in [0, 0.1) is 0 Å². The smallest absolute Gasteiger partial charge is 0.122 e. The summed E-state index contributed by atoms with van der Waals surface area (Å²) >= 11 is 0. The highest BCUT2D eigenvalue weighted by Crippen LogP contribution is 2.09. The number of β-amino-alcohol motifs (C(OH)–C–C–N with tert-alkyl or cyclic N) is 1. The summed E-state index contributed by atoms with van der Waals surface area (Å²) in [5.41, 5.74) is 5.37. The molecule has 5 heteroatoms. The van der Waals surface area contributed by atoms with E-state index in [2.05, 4.69) is 14.5 Å². The Morgan fingerprint density at radius 2 is 2.43 bits per heavy atom. The maximum absolute atomic E-state index is 9.41. The molecular weight excluding hydrogens is 180 g/mol. The molecule has 0 aromatic carbocycles. The standard InChI is InChI=1S/C9H16N4O/c10-5-8(14)6-12-3-4-13-2-1-11-9(13)7-12/h1-2,8,14H,3-7,10H2. The molecule has 1 unspecified atom stereocenters. The van der Waals surface area contributed by atoms with Crippen LogP contribution in [0.1, 0.15) is 5.82 Å². The van der Waals surface area contributed by atoms with Crippen molar-refractivity contribution in [3.05, 3.63) is 18.2 Å². The monoisotopic (exact) mass is 196 g/mol. The molecule has 1 aliphatic rings. The van der Waals surface area contributed by atoms with Crippen LogP contribution in [0.15, 0.2) is 12.4 Å². The summed E-state index contributed by atoms with van der Waals surface area (Å²) in [7, 11) is 0. The van der Waals surface area contributed by atoms with Gasteiger partial charge in [0.1, 0.15) is 5.82 Å². The summed E-state index contributed by atoms with van der Waals surface area (Å²) < 4.78 is 2.14. The van der Waals surface area contributed by atoms with Gasteiger partial charge < -0.3 is 15.4 Å². The van der Waals surface area contributed by atoms with E-state index in [1.54, 1.807) is 0 Å². The molecule has 0 bridgehead atoms. The Labute approximate surface area is 83.1 Å². The van der Waals surface area contributed by atoms with Crippen LogP contribution in [0.3, 0.4) is 0 Å². The number of aliphatic hydroxyl groups is 1. The van der Waals surface area contributed by atoms with Gasteiger partial charge in [-0.1, -0.05) is 0 Å². The Hall–Kier alpha value is -0.910. The lowest BCUT2D eigenvalue weighted by molar-refractivity contribution is 0.101. The van der Waals surface area contributed by atoms with E-state index in [9.17, 15) is 5.11 Å². The Bertz CT molecular complexity index is 299. The van der Waals surface area contributed by atoms with Crippen molar-refractivity contribution in [1.29, 1.82) is 0 Å². The Kier molecular flexibility index (Phi) is 2.81. The van der Waals surface area contributed by atoms with Crippen LogP contribution in [-0.2, 0) is 13.1 Å². The van der Waals surface area contributed by atoms with Gasteiger partial charge in [-0.3, -0.25) is 4.90 Å². The Balaban J connectivity index is 1.94. The zero-order chi connectivity index (χ0) is 9.97. The molecule has 0 spiro atoms. The van der Waals surface area contributed by atoms with Gasteiger partial charge in [0.05, 0.1) is 12.6 Å². The molecule has 3 N–H and O–H groups in total. The predicted molar refractivity (Wildman–Crippen MR) is 52.6 cm³/mol. The van der Waals surface area contributed by atoms with Crippen molar-refractivity contribution in [3.63, 3.8) is 0 Å². The molecule has 1 aliphatic heterocycles. The van der Waals surface area contributed by atoms with Crippen molar-refractivity contribution in [2.75, 3.05) is 19.6 Å². The number of aliphatic hydroxyl groups excluding tert-OH is 1. The number of rotatable bonds is 3. The van der Waals surface area contributed by atoms with Gasteiger partial charge in [0.25, 0.3) is 0 Å². The van der Waals surface area contributed by atoms with Crippen LogP contribution >= 0.6 is 0 Å². The van der Waals surface area contributed by atoms with Crippen LogP contribution < -0.4 is 5.73 Å². The van der Waals surface area contributed by atoms with Crippen LogP contribution in [0.2, 0.25) is 0 Å². The molecule has 14 heavy (non-hydrogen) atoms. The van der Waals surface area contributed by atoms with Crippen molar-refractivity contribution >= 4 is 0 Å². The first kappa shape index (κ1) is 9.64. The minimum Gasteiger partial charge on any atom is -0.390 e. The Morgan fingerprint density at radius 3 is 3.21 bits per heavy atom. The molecule has 0 radical (unpaired) electrons. The maximum Gasteiger partial charge on any atom is 0.122 e. The van der Waals surface area contributed by atoms with Gasteiger partial charge in [-0.2, -0.15) is 0 Å². The molecule has 1 aromatic heterocycles. The minimum atomic E-state index is -0.420. The summed E-state index contributed by atoms with van der Waals surface area (Å²) in [6.45, 7) is 3.69. The number of nitrogens with two attached hydrogens (primary N) is 1. The van der Waals surface area contributed by atoms with E-state index in [1.807, 2.05) is 12.4 Å².